The van der Waals surface area contributed by atoms with Gasteiger partial charge < -0.3 is 15.6 Å². The van der Waals surface area contributed by atoms with E-state index in [0.717, 1.165) is 5.75 Å². The van der Waals surface area contributed by atoms with Crippen LogP contribution in [0.25, 0.3) is 0 Å². The van der Waals surface area contributed by atoms with Gasteiger partial charge in [-0.05, 0) is 12.1 Å². The second-order valence-corrected chi connectivity index (χ2v) is 2.52. The summed E-state index contributed by atoms with van der Waals surface area (Å²) in [7, 11) is 0. The van der Waals surface area contributed by atoms with Crippen LogP contribution in [0.15, 0.2) is 30.3 Å². The summed E-state index contributed by atoms with van der Waals surface area (Å²) in [6, 6.07) is 9.44. The molecule has 0 aliphatic rings. The number of rotatable bonds is 4. The third-order valence-electron chi connectivity index (χ3n) is 1.43. The Hall–Kier alpha value is -1.06. The van der Waals surface area contributed by atoms with Gasteiger partial charge in [0.15, 0.2) is 0 Å². The van der Waals surface area contributed by atoms with Crippen LogP contribution in [0.3, 0.4) is 0 Å². The molecule has 0 fully saturated rings. The van der Waals surface area contributed by atoms with E-state index in [1.54, 1.807) is 0 Å². The Kier molecular flexibility index (Phi) is 3.57. The number of hydrogen-bond acceptors (Lipinski definition) is 3. The zero-order valence-electron chi connectivity index (χ0n) is 6.81. The van der Waals surface area contributed by atoms with Crippen LogP contribution < -0.4 is 10.5 Å². The second-order valence-electron chi connectivity index (χ2n) is 2.52. The molecule has 0 heterocycles. The quantitative estimate of drug-likeness (QED) is 0.650. The van der Waals surface area contributed by atoms with Gasteiger partial charge in [0.2, 0.25) is 0 Å². The molecule has 12 heavy (non-hydrogen) atoms. The highest BCUT2D eigenvalue weighted by molar-refractivity contribution is 5.20. The van der Waals surface area contributed by atoms with Crippen molar-refractivity contribution in [1.82, 2.24) is 0 Å². The Balaban J connectivity index is 2.25. The maximum absolute atomic E-state index is 8.73. The van der Waals surface area contributed by atoms with E-state index in [1.807, 2.05) is 30.3 Å². The van der Waals surface area contributed by atoms with Gasteiger partial charge in [0.25, 0.3) is 0 Å². The first-order chi connectivity index (χ1) is 5.79. The average Bonchev–Trinajstić information content (AvgIpc) is 2.05. The smallest absolute Gasteiger partial charge is 0.119 e. The lowest BCUT2D eigenvalue weighted by Gasteiger charge is -2.06. The zero-order valence-corrected chi connectivity index (χ0v) is 6.81. The van der Waals surface area contributed by atoms with Crippen molar-refractivity contribution in [3.8, 4) is 5.75 Å². The normalized spacial score (nSPS) is 12.5. The van der Waals surface area contributed by atoms with E-state index >= 15 is 0 Å². The molecule has 0 amide bonds. The molecule has 0 aliphatic carbocycles. The fourth-order valence-electron chi connectivity index (χ4n) is 0.814. The van der Waals surface area contributed by atoms with E-state index in [0.29, 0.717) is 13.0 Å². The van der Waals surface area contributed by atoms with E-state index in [9.17, 15) is 0 Å². The molecule has 1 aromatic rings. The highest BCUT2D eigenvalue weighted by Gasteiger charge is 1.95. The van der Waals surface area contributed by atoms with Crippen molar-refractivity contribution in [1.29, 1.82) is 0 Å². The molecule has 0 aliphatic heterocycles. The summed E-state index contributed by atoms with van der Waals surface area (Å²) < 4.78 is 5.28. The number of aliphatic hydroxyl groups is 1. The Morgan fingerprint density at radius 1 is 1.33 bits per heavy atom. The number of hydrogen-bond donors (Lipinski definition) is 2. The summed E-state index contributed by atoms with van der Waals surface area (Å²) in [6.45, 7) is 0.446. The first-order valence-electron chi connectivity index (χ1n) is 3.90. The minimum atomic E-state index is -0.784. The third-order valence-corrected chi connectivity index (χ3v) is 1.43. The van der Waals surface area contributed by atoms with Crippen LogP contribution in [0.2, 0.25) is 0 Å². The summed E-state index contributed by atoms with van der Waals surface area (Å²) in [4.78, 5) is 0. The van der Waals surface area contributed by atoms with Crippen molar-refractivity contribution >= 4 is 0 Å². The molecule has 0 saturated heterocycles. The van der Waals surface area contributed by atoms with Gasteiger partial charge >= 0.3 is 0 Å². The van der Waals surface area contributed by atoms with Crippen LogP contribution in [0.5, 0.6) is 5.75 Å². The molecule has 1 rings (SSSR count). The van der Waals surface area contributed by atoms with Gasteiger partial charge in [-0.25, -0.2) is 0 Å². The van der Waals surface area contributed by atoms with Crippen LogP contribution in [0.4, 0.5) is 0 Å². The van der Waals surface area contributed by atoms with Gasteiger partial charge in [0.1, 0.15) is 12.0 Å². The molecule has 0 radical (unpaired) electrons. The largest absolute Gasteiger partial charge is 0.493 e. The van der Waals surface area contributed by atoms with E-state index in [2.05, 4.69) is 0 Å². The number of nitrogens with two attached hydrogens (primary N) is 1. The van der Waals surface area contributed by atoms with E-state index in [1.165, 1.54) is 0 Å². The maximum Gasteiger partial charge on any atom is 0.119 e. The topological polar surface area (TPSA) is 55.5 Å². The Morgan fingerprint density at radius 3 is 2.58 bits per heavy atom. The Bertz CT molecular complexity index is 211. The molecule has 3 N–H and O–H groups in total. The zero-order chi connectivity index (χ0) is 8.81. The van der Waals surface area contributed by atoms with Gasteiger partial charge in [-0.2, -0.15) is 0 Å². The molecule has 0 bridgehead atoms. The molecular formula is C9H13NO2. The van der Waals surface area contributed by atoms with Crippen molar-refractivity contribution in [3.63, 3.8) is 0 Å². The first-order valence-corrected chi connectivity index (χ1v) is 3.90. The minimum Gasteiger partial charge on any atom is -0.493 e. The van der Waals surface area contributed by atoms with E-state index < -0.39 is 6.23 Å². The fourth-order valence-corrected chi connectivity index (χ4v) is 0.814. The summed E-state index contributed by atoms with van der Waals surface area (Å²) >= 11 is 0. The lowest BCUT2D eigenvalue weighted by Crippen LogP contribution is -2.21. The van der Waals surface area contributed by atoms with Gasteiger partial charge in [0.05, 0.1) is 6.61 Å². The molecule has 1 aromatic carbocycles. The number of benzene rings is 1. The second kappa shape index (κ2) is 4.74. The molecule has 0 unspecified atom stereocenters. The van der Waals surface area contributed by atoms with Crippen LogP contribution in [-0.4, -0.2) is 17.9 Å². The summed E-state index contributed by atoms with van der Waals surface area (Å²) in [6.07, 6.45) is -0.330. The first kappa shape index (κ1) is 9.03. The van der Waals surface area contributed by atoms with Crippen LogP contribution in [0, 0.1) is 0 Å². The lowest BCUT2D eigenvalue weighted by atomic mass is 10.3. The van der Waals surface area contributed by atoms with Crippen molar-refractivity contribution in [3.05, 3.63) is 30.3 Å². The molecule has 3 heteroatoms. The van der Waals surface area contributed by atoms with Gasteiger partial charge in [-0.3, -0.25) is 0 Å². The molecule has 1 atom stereocenters. The average molecular weight is 167 g/mol. The van der Waals surface area contributed by atoms with E-state index in [-0.39, 0.29) is 0 Å². The van der Waals surface area contributed by atoms with Crippen molar-refractivity contribution in [2.45, 2.75) is 12.6 Å². The predicted molar refractivity (Wildman–Crippen MR) is 46.7 cm³/mol. The van der Waals surface area contributed by atoms with Gasteiger partial charge in [-0.1, -0.05) is 18.2 Å². The van der Waals surface area contributed by atoms with Crippen LogP contribution >= 0.6 is 0 Å². The van der Waals surface area contributed by atoms with Crippen molar-refractivity contribution in [2.75, 3.05) is 6.61 Å². The monoisotopic (exact) mass is 167 g/mol. The standard InChI is InChI=1S/C9H13NO2/c10-9(11)6-7-12-8-4-2-1-3-5-8/h1-5,9,11H,6-7,10H2/t9-/m0/s1. The summed E-state index contributed by atoms with van der Waals surface area (Å²) in [5.74, 6) is 0.804. The molecule has 0 aromatic heterocycles. The minimum absolute atomic E-state index is 0.446. The SMILES string of the molecule is N[C@@H](O)CCOc1ccccc1. The fraction of sp³-hybridized carbons (Fsp3) is 0.333. The third kappa shape index (κ3) is 3.37. The van der Waals surface area contributed by atoms with Crippen LogP contribution in [0.1, 0.15) is 6.42 Å². The van der Waals surface area contributed by atoms with Crippen molar-refractivity contribution in [2.24, 2.45) is 5.73 Å². The van der Waals surface area contributed by atoms with Crippen molar-refractivity contribution < 1.29 is 9.84 Å². The highest BCUT2D eigenvalue weighted by Crippen LogP contribution is 2.08. The highest BCUT2D eigenvalue weighted by atomic mass is 16.5. The molecular weight excluding hydrogens is 154 g/mol. The molecule has 66 valence electrons. The van der Waals surface area contributed by atoms with Gasteiger partial charge in [0, 0.05) is 6.42 Å². The predicted octanol–water partition coefficient (Wildman–Crippen LogP) is 0.733. The summed E-state index contributed by atoms with van der Waals surface area (Å²) in [5.41, 5.74) is 5.13. The summed E-state index contributed by atoms with van der Waals surface area (Å²) in [5, 5.41) is 8.73. The molecule has 0 saturated carbocycles. The number of ether oxygens (including phenoxy) is 1. The number of aliphatic hydroxyl groups excluding tert-OH is 1. The lowest BCUT2D eigenvalue weighted by molar-refractivity contribution is 0.145. The molecule has 0 spiro atoms. The number of para-hydroxylation sites is 1. The van der Waals surface area contributed by atoms with E-state index in [4.69, 9.17) is 15.6 Å². The van der Waals surface area contributed by atoms with Gasteiger partial charge in [-0.15, -0.1) is 0 Å². The Morgan fingerprint density at radius 2 is 2.00 bits per heavy atom. The molecule has 3 nitrogen and oxygen atoms in total. The van der Waals surface area contributed by atoms with Crippen LogP contribution in [-0.2, 0) is 0 Å². The Labute approximate surface area is 71.8 Å². The maximum atomic E-state index is 8.73.